The number of nitrogens with one attached hydrogen (secondary N) is 1. The van der Waals surface area contributed by atoms with E-state index < -0.39 is 0 Å². The molecular formula is C22H29N5O3. The van der Waals surface area contributed by atoms with Gasteiger partial charge in [0, 0.05) is 43.5 Å². The van der Waals surface area contributed by atoms with Gasteiger partial charge in [-0.1, -0.05) is 6.07 Å². The number of amides is 3. The molecule has 3 amide bonds. The van der Waals surface area contributed by atoms with Gasteiger partial charge in [0.1, 0.15) is 0 Å². The normalized spacial score (nSPS) is 17.8. The fraction of sp³-hybridized carbons (Fsp3) is 0.500. The highest BCUT2D eigenvalue weighted by atomic mass is 16.5. The van der Waals surface area contributed by atoms with Crippen LogP contribution in [0.3, 0.4) is 0 Å². The Morgan fingerprint density at radius 3 is 2.43 bits per heavy atom. The average Bonchev–Trinajstić information content (AvgIpc) is 3.12. The summed E-state index contributed by atoms with van der Waals surface area (Å²) in [5.41, 5.74) is 3.64. The van der Waals surface area contributed by atoms with Crippen molar-refractivity contribution in [2.24, 2.45) is 5.92 Å². The average molecular weight is 412 g/mol. The Hall–Kier alpha value is -2.87. The molecule has 3 heterocycles. The third-order valence-electron chi connectivity index (χ3n) is 5.81. The number of morpholine rings is 1. The van der Waals surface area contributed by atoms with Crippen molar-refractivity contribution in [3.05, 3.63) is 41.7 Å². The fourth-order valence-electron chi connectivity index (χ4n) is 4.18. The van der Waals surface area contributed by atoms with Crippen LogP contribution in [0, 0.1) is 19.8 Å². The number of carbonyl (C=O) groups excluding carboxylic acids is 2. The van der Waals surface area contributed by atoms with E-state index in [-0.39, 0.29) is 17.9 Å². The van der Waals surface area contributed by atoms with E-state index in [2.05, 4.69) is 10.4 Å². The van der Waals surface area contributed by atoms with E-state index in [1.807, 2.05) is 53.8 Å². The van der Waals surface area contributed by atoms with Gasteiger partial charge in [-0.15, -0.1) is 0 Å². The van der Waals surface area contributed by atoms with Gasteiger partial charge in [0.15, 0.2) is 0 Å². The number of urea groups is 1. The van der Waals surface area contributed by atoms with Crippen LogP contribution in [-0.2, 0) is 9.53 Å². The largest absolute Gasteiger partial charge is 0.378 e. The third kappa shape index (κ3) is 4.48. The first-order valence-electron chi connectivity index (χ1n) is 10.6. The van der Waals surface area contributed by atoms with E-state index in [1.165, 1.54) is 0 Å². The maximum absolute atomic E-state index is 12.7. The highest BCUT2D eigenvalue weighted by Gasteiger charge is 2.30. The maximum atomic E-state index is 12.7. The molecule has 1 aromatic heterocycles. The van der Waals surface area contributed by atoms with Crippen molar-refractivity contribution in [3.8, 4) is 5.69 Å². The molecule has 2 aromatic rings. The second-order valence-electron chi connectivity index (χ2n) is 8.02. The molecular weight excluding hydrogens is 382 g/mol. The maximum Gasteiger partial charge on any atom is 0.321 e. The van der Waals surface area contributed by atoms with Crippen LogP contribution in [0.4, 0.5) is 10.5 Å². The first-order chi connectivity index (χ1) is 14.5. The molecule has 1 N–H and O–H groups in total. The Balaban J connectivity index is 1.33. The number of piperidine rings is 1. The zero-order valence-corrected chi connectivity index (χ0v) is 17.6. The van der Waals surface area contributed by atoms with Gasteiger partial charge in [-0.25, -0.2) is 9.48 Å². The van der Waals surface area contributed by atoms with Crippen molar-refractivity contribution in [1.29, 1.82) is 0 Å². The molecule has 0 saturated carbocycles. The van der Waals surface area contributed by atoms with E-state index in [0.717, 1.165) is 22.8 Å². The molecule has 8 heteroatoms. The standard InChI is InChI=1S/C22H29N5O3/c1-16-14-17(2)27(24-16)20-5-3-4-19(15-20)23-22(29)26-8-6-18(7-9-26)21(28)25-10-12-30-13-11-25/h3-5,14-15,18H,6-13H2,1-2H3,(H,23,29). The number of aryl methyl sites for hydroxylation is 2. The number of hydrogen-bond acceptors (Lipinski definition) is 4. The van der Waals surface area contributed by atoms with Gasteiger partial charge in [0.05, 0.1) is 24.6 Å². The molecule has 0 spiro atoms. The van der Waals surface area contributed by atoms with Crippen LogP contribution in [0.5, 0.6) is 0 Å². The Labute approximate surface area is 176 Å². The van der Waals surface area contributed by atoms with Crippen LogP contribution in [-0.4, -0.2) is 70.9 Å². The van der Waals surface area contributed by atoms with Crippen LogP contribution in [0.15, 0.2) is 30.3 Å². The van der Waals surface area contributed by atoms with E-state index in [9.17, 15) is 9.59 Å². The van der Waals surface area contributed by atoms with Crippen molar-refractivity contribution >= 4 is 17.6 Å². The second-order valence-corrected chi connectivity index (χ2v) is 8.02. The first-order valence-corrected chi connectivity index (χ1v) is 10.6. The Morgan fingerprint density at radius 2 is 1.77 bits per heavy atom. The lowest BCUT2D eigenvalue weighted by molar-refractivity contribution is -0.140. The van der Waals surface area contributed by atoms with E-state index >= 15 is 0 Å². The van der Waals surface area contributed by atoms with Gasteiger partial charge in [-0.2, -0.15) is 5.10 Å². The van der Waals surface area contributed by atoms with Crippen LogP contribution in [0.25, 0.3) is 5.69 Å². The van der Waals surface area contributed by atoms with E-state index in [1.54, 1.807) is 4.90 Å². The smallest absolute Gasteiger partial charge is 0.321 e. The topological polar surface area (TPSA) is 79.7 Å². The molecule has 30 heavy (non-hydrogen) atoms. The molecule has 0 bridgehead atoms. The Bertz CT molecular complexity index is 911. The van der Waals surface area contributed by atoms with Crippen molar-refractivity contribution in [1.82, 2.24) is 19.6 Å². The summed E-state index contributed by atoms with van der Waals surface area (Å²) in [5, 5.41) is 7.49. The van der Waals surface area contributed by atoms with Crippen LogP contribution in [0.2, 0.25) is 0 Å². The minimum Gasteiger partial charge on any atom is -0.378 e. The SMILES string of the molecule is Cc1cc(C)n(-c2cccc(NC(=O)N3CCC(C(=O)N4CCOCC4)CC3)c2)n1. The van der Waals surface area contributed by atoms with Gasteiger partial charge in [-0.3, -0.25) is 4.79 Å². The van der Waals surface area contributed by atoms with Crippen molar-refractivity contribution < 1.29 is 14.3 Å². The molecule has 1 aromatic carbocycles. The number of aromatic nitrogens is 2. The van der Waals surface area contributed by atoms with Crippen molar-refractivity contribution in [3.63, 3.8) is 0 Å². The summed E-state index contributed by atoms with van der Waals surface area (Å²) < 4.78 is 7.19. The molecule has 8 nitrogen and oxygen atoms in total. The number of rotatable bonds is 3. The molecule has 2 fully saturated rings. The summed E-state index contributed by atoms with van der Waals surface area (Å²) in [4.78, 5) is 29.1. The molecule has 4 rings (SSSR count). The molecule has 160 valence electrons. The summed E-state index contributed by atoms with van der Waals surface area (Å²) in [5.74, 6) is 0.206. The molecule has 0 unspecified atom stereocenters. The Kier molecular flexibility index (Phi) is 6.03. The highest BCUT2D eigenvalue weighted by Crippen LogP contribution is 2.22. The minimum atomic E-state index is -0.127. The second kappa shape index (κ2) is 8.87. The third-order valence-corrected chi connectivity index (χ3v) is 5.81. The summed E-state index contributed by atoms with van der Waals surface area (Å²) in [6.07, 6.45) is 1.41. The van der Waals surface area contributed by atoms with E-state index in [4.69, 9.17) is 4.74 Å². The van der Waals surface area contributed by atoms with Crippen LogP contribution in [0.1, 0.15) is 24.2 Å². The predicted octanol–water partition coefficient (Wildman–Crippen LogP) is 2.59. The predicted molar refractivity (Wildman–Crippen MR) is 114 cm³/mol. The number of likely N-dealkylation sites (tertiary alicyclic amines) is 1. The molecule has 0 radical (unpaired) electrons. The summed E-state index contributed by atoms with van der Waals surface area (Å²) >= 11 is 0. The molecule has 0 atom stereocenters. The first kappa shape index (κ1) is 20.4. The number of hydrogen-bond donors (Lipinski definition) is 1. The van der Waals surface area contributed by atoms with E-state index in [0.29, 0.717) is 52.2 Å². The van der Waals surface area contributed by atoms with Gasteiger partial charge in [0.25, 0.3) is 0 Å². The van der Waals surface area contributed by atoms with Crippen molar-refractivity contribution in [2.75, 3.05) is 44.7 Å². The van der Waals surface area contributed by atoms with Gasteiger partial charge >= 0.3 is 6.03 Å². The number of ether oxygens (including phenoxy) is 1. The van der Waals surface area contributed by atoms with Gasteiger partial charge < -0.3 is 19.9 Å². The quantitative estimate of drug-likeness (QED) is 0.842. The van der Waals surface area contributed by atoms with Crippen molar-refractivity contribution in [2.45, 2.75) is 26.7 Å². The number of nitrogens with zero attached hydrogens (tertiary/aromatic N) is 4. The summed E-state index contributed by atoms with van der Waals surface area (Å²) in [7, 11) is 0. The molecule has 2 aliphatic heterocycles. The fourth-order valence-corrected chi connectivity index (χ4v) is 4.18. The molecule has 2 saturated heterocycles. The lowest BCUT2D eigenvalue weighted by atomic mass is 9.95. The number of carbonyl (C=O) groups is 2. The monoisotopic (exact) mass is 411 g/mol. The number of anilines is 1. The summed E-state index contributed by atoms with van der Waals surface area (Å²) in [6, 6.07) is 9.58. The zero-order valence-electron chi connectivity index (χ0n) is 17.6. The minimum absolute atomic E-state index is 0.00140. The van der Waals surface area contributed by atoms with Gasteiger partial charge in [0.2, 0.25) is 5.91 Å². The van der Waals surface area contributed by atoms with Crippen LogP contribution >= 0.6 is 0 Å². The highest BCUT2D eigenvalue weighted by molar-refractivity contribution is 5.90. The lowest BCUT2D eigenvalue weighted by Gasteiger charge is -2.35. The number of benzene rings is 1. The molecule has 0 aliphatic carbocycles. The lowest BCUT2D eigenvalue weighted by Crippen LogP contribution is -2.48. The summed E-state index contributed by atoms with van der Waals surface area (Å²) in [6.45, 7) is 7.72. The van der Waals surface area contributed by atoms with Gasteiger partial charge in [-0.05, 0) is 51.0 Å². The zero-order chi connectivity index (χ0) is 21.1. The molecule has 2 aliphatic rings. The van der Waals surface area contributed by atoms with Crippen LogP contribution < -0.4 is 5.32 Å². The Morgan fingerprint density at radius 1 is 1.03 bits per heavy atom.